The number of hydrogen-bond acceptors (Lipinski definition) is 3. The molecule has 2 aromatic carbocycles. The molecule has 0 aliphatic rings. The zero-order valence-electron chi connectivity index (χ0n) is 11.5. The van der Waals surface area contributed by atoms with Crippen LogP contribution < -0.4 is 16.0 Å². The summed E-state index contributed by atoms with van der Waals surface area (Å²) in [6.45, 7) is 0.816. The molecule has 0 aliphatic carbocycles. The summed E-state index contributed by atoms with van der Waals surface area (Å²) in [5.41, 5.74) is 5.89. The monoisotopic (exact) mass is 280 g/mol. The molecule has 3 aromatic rings. The normalized spacial score (nSPS) is 10.7. The Kier molecular flexibility index (Phi) is 3.60. The van der Waals surface area contributed by atoms with E-state index in [0.29, 0.717) is 24.4 Å². The summed E-state index contributed by atoms with van der Waals surface area (Å²) < 4.78 is 7.16. The van der Waals surface area contributed by atoms with E-state index in [-0.39, 0.29) is 5.56 Å². The topological polar surface area (TPSA) is 57.2 Å². The lowest BCUT2D eigenvalue weighted by Gasteiger charge is -2.12. The Morgan fingerprint density at radius 1 is 1.00 bits per heavy atom. The molecule has 0 radical (unpaired) electrons. The number of aromatic nitrogens is 1. The lowest BCUT2D eigenvalue weighted by molar-refractivity contribution is 0.298. The molecule has 0 aliphatic heterocycles. The summed E-state index contributed by atoms with van der Waals surface area (Å²) in [5.74, 6) is 1.24. The van der Waals surface area contributed by atoms with E-state index in [9.17, 15) is 4.79 Å². The number of nitrogens with zero attached hydrogens (tertiary/aromatic N) is 1. The first-order valence-corrected chi connectivity index (χ1v) is 6.81. The molecule has 0 bridgehead atoms. The third kappa shape index (κ3) is 2.74. The molecule has 4 nitrogen and oxygen atoms in total. The quantitative estimate of drug-likeness (QED) is 0.799. The highest BCUT2D eigenvalue weighted by Crippen LogP contribution is 2.13. The zero-order chi connectivity index (χ0) is 14.7. The largest absolute Gasteiger partial charge is 0.492 e. The molecule has 0 fully saturated rings. The summed E-state index contributed by atoms with van der Waals surface area (Å²) in [6, 6.07) is 18.8. The Morgan fingerprint density at radius 3 is 2.52 bits per heavy atom. The SMILES string of the molecule is Nc1cc2ccccc2c(=O)n1CCOc1ccccc1. The van der Waals surface area contributed by atoms with Crippen LogP contribution in [0.1, 0.15) is 0 Å². The highest BCUT2D eigenvalue weighted by Gasteiger charge is 2.06. The van der Waals surface area contributed by atoms with Gasteiger partial charge < -0.3 is 10.5 Å². The van der Waals surface area contributed by atoms with Gasteiger partial charge in [0.1, 0.15) is 18.2 Å². The highest BCUT2D eigenvalue weighted by atomic mass is 16.5. The molecular formula is C17H16N2O2. The average molecular weight is 280 g/mol. The van der Waals surface area contributed by atoms with Crippen LogP contribution in [0.5, 0.6) is 5.75 Å². The molecule has 21 heavy (non-hydrogen) atoms. The van der Waals surface area contributed by atoms with Gasteiger partial charge >= 0.3 is 0 Å². The van der Waals surface area contributed by atoms with Crippen molar-refractivity contribution in [3.05, 3.63) is 71.0 Å². The van der Waals surface area contributed by atoms with Crippen molar-refractivity contribution in [3.63, 3.8) is 0 Å². The molecule has 0 atom stereocenters. The Hall–Kier alpha value is -2.75. The van der Waals surface area contributed by atoms with Crippen LogP contribution >= 0.6 is 0 Å². The van der Waals surface area contributed by atoms with Gasteiger partial charge in [-0.25, -0.2) is 0 Å². The van der Waals surface area contributed by atoms with E-state index in [1.807, 2.05) is 60.7 Å². The van der Waals surface area contributed by atoms with E-state index in [1.165, 1.54) is 0 Å². The zero-order valence-corrected chi connectivity index (χ0v) is 11.5. The summed E-state index contributed by atoms with van der Waals surface area (Å²) in [5, 5.41) is 1.53. The standard InChI is InChI=1S/C17H16N2O2/c18-16-12-13-6-4-5-9-15(13)17(20)19(16)10-11-21-14-7-2-1-3-8-14/h1-9,12H,10-11,18H2. The van der Waals surface area contributed by atoms with Crippen LogP contribution in [0.15, 0.2) is 65.5 Å². The molecule has 0 spiro atoms. The first kappa shape index (κ1) is 13.2. The fourth-order valence-corrected chi connectivity index (χ4v) is 2.32. The van der Waals surface area contributed by atoms with Crippen LogP contribution in [-0.2, 0) is 6.54 Å². The van der Waals surface area contributed by atoms with Crippen LogP contribution in [0.4, 0.5) is 5.82 Å². The lowest BCUT2D eigenvalue weighted by Crippen LogP contribution is -2.25. The maximum Gasteiger partial charge on any atom is 0.260 e. The van der Waals surface area contributed by atoms with E-state index in [4.69, 9.17) is 10.5 Å². The number of rotatable bonds is 4. The van der Waals surface area contributed by atoms with E-state index in [1.54, 1.807) is 4.57 Å². The highest BCUT2D eigenvalue weighted by molar-refractivity contribution is 5.83. The van der Waals surface area contributed by atoms with E-state index in [0.717, 1.165) is 11.1 Å². The van der Waals surface area contributed by atoms with E-state index in [2.05, 4.69) is 0 Å². The van der Waals surface area contributed by atoms with Gasteiger partial charge in [-0.05, 0) is 29.7 Å². The van der Waals surface area contributed by atoms with Crippen LogP contribution in [0, 0.1) is 0 Å². The van der Waals surface area contributed by atoms with Gasteiger partial charge in [-0.1, -0.05) is 36.4 Å². The van der Waals surface area contributed by atoms with Crippen LogP contribution in [-0.4, -0.2) is 11.2 Å². The van der Waals surface area contributed by atoms with Crippen LogP contribution in [0.2, 0.25) is 0 Å². The number of nitrogens with two attached hydrogens (primary N) is 1. The average Bonchev–Trinajstić information content (AvgIpc) is 2.51. The van der Waals surface area contributed by atoms with Crippen molar-refractivity contribution in [1.29, 1.82) is 0 Å². The molecule has 2 N–H and O–H groups in total. The number of fused-ring (bicyclic) bond motifs is 1. The molecular weight excluding hydrogens is 264 g/mol. The van der Waals surface area contributed by atoms with Gasteiger partial charge in [0.05, 0.1) is 6.54 Å². The molecule has 0 amide bonds. The van der Waals surface area contributed by atoms with E-state index < -0.39 is 0 Å². The fraction of sp³-hybridized carbons (Fsp3) is 0.118. The molecule has 0 unspecified atom stereocenters. The van der Waals surface area contributed by atoms with Gasteiger partial charge in [0.2, 0.25) is 0 Å². The molecule has 1 heterocycles. The molecule has 0 saturated heterocycles. The van der Waals surface area contributed by atoms with Crippen molar-refractivity contribution in [2.75, 3.05) is 12.3 Å². The predicted octanol–water partition coefficient (Wildman–Crippen LogP) is 2.66. The van der Waals surface area contributed by atoms with Gasteiger partial charge in [0.25, 0.3) is 5.56 Å². The summed E-state index contributed by atoms with van der Waals surface area (Å²) in [7, 11) is 0. The number of para-hydroxylation sites is 1. The number of benzene rings is 2. The Labute approximate surface area is 122 Å². The van der Waals surface area contributed by atoms with Gasteiger partial charge in [0, 0.05) is 5.39 Å². The fourth-order valence-electron chi connectivity index (χ4n) is 2.32. The Bertz CT molecular complexity index is 810. The summed E-state index contributed by atoms with van der Waals surface area (Å²) in [6.07, 6.45) is 0. The Balaban J connectivity index is 1.82. The summed E-state index contributed by atoms with van der Waals surface area (Å²) >= 11 is 0. The number of ether oxygens (including phenoxy) is 1. The van der Waals surface area contributed by atoms with Gasteiger partial charge in [-0.15, -0.1) is 0 Å². The predicted molar refractivity (Wildman–Crippen MR) is 84.6 cm³/mol. The van der Waals surface area contributed by atoms with Crippen molar-refractivity contribution in [2.45, 2.75) is 6.54 Å². The van der Waals surface area contributed by atoms with E-state index >= 15 is 0 Å². The molecule has 4 heteroatoms. The second-order valence-corrected chi connectivity index (χ2v) is 4.77. The smallest absolute Gasteiger partial charge is 0.260 e. The first-order valence-electron chi connectivity index (χ1n) is 6.81. The number of anilines is 1. The van der Waals surface area contributed by atoms with Gasteiger partial charge in [-0.3, -0.25) is 9.36 Å². The number of hydrogen-bond donors (Lipinski definition) is 1. The van der Waals surface area contributed by atoms with Crippen molar-refractivity contribution >= 4 is 16.6 Å². The minimum atomic E-state index is -0.0812. The van der Waals surface area contributed by atoms with Crippen LogP contribution in [0.25, 0.3) is 10.8 Å². The van der Waals surface area contributed by atoms with Crippen molar-refractivity contribution in [3.8, 4) is 5.75 Å². The number of nitrogen functional groups attached to an aromatic ring is 1. The van der Waals surface area contributed by atoms with Gasteiger partial charge in [-0.2, -0.15) is 0 Å². The Morgan fingerprint density at radius 2 is 1.71 bits per heavy atom. The third-order valence-electron chi connectivity index (χ3n) is 3.38. The van der Waals surface area contributed by atoms with Crippen molar-refractivity contribution < 1.29 is 4.74 Å². The van der Waals surface area contributed by atoms with Crippen LogP contribution in [0.3, 0.4) is 0 Å². The maximum absolute atomic E-state index is 12.4. The lowest BCUT2D eigenvalue weighted by atomic mass is 10.1. The second kappa shape index (κ2) is 5.71. The maximum atomic E-state index is 12.4. The molecule has 106 valence electrons. The first-order chi connectivity index (χ1) is 10.3. The van der Waals surface area contributed by atoms with Crippen molar-refractivity contribution in [2.24, 2.45) is 0 Å². The van der Waals surface area contributed by atoms with Crippen molar-refractivity contribution in [1.82, 2.24) is 4.57 Å². The third-order valence-corrected chi connectivity index (χ3v) is 3.38. The molecule has 1 aromatic heterocycles. The molecule has 3 rings (SSSR count). The summed E-state index contributed by atoms with van der Waals surface area (Å²) in [4.78, 5) is 12.4. The molecule has 0 saturated carbocycles. The minimum absolute atomic E-state index is 0.0812. The second-order valence-electron chi connectivity index (χ2n) is 4.77. The van der Waals surface area contributed by atoms with Gasteiger partial charge in [0.15, 0.2) is 0 Å². The minimum Gasteiger partial charge on any atom is -0.492 e. The number of pyridine rings is 1.